The molecule has 0 heterocycles. The zero-order valence-electron chi connectivity index (χ0n) is 15.0. The second kappa shape index (κ2) is 7.80. The lowest BCUT2D eigenvalue weighted by molar-refractivity contribution is -0.121. The average molecular weight is 360 g/mol. The molecule has 0 fully saturated rings. The van der Waals surface area contributed by atoms with E-state index in [0.717, 1.165) is 21.0 Å². The summed E-state index contributed by atoms with van der Waals surface area (Å²) in [6.07, 6.45) is 0. The number of amides is 1. The van der Waals surface area contributed by atoms with Gasteiger partial charge in [-0.2, -0.15) is 4.31 Å². The highest BCUT2D eigenvalue weighted by Crippen LogP contribution is 2.19. The summed E-state index contributed by atoms with van der Waals surface area (Å²) in [7, 11) is -2.27. The molecule has 0 bridgehead atoms. The fraction of sp³-hybridized carbons (Fsp3) is 0.316. The first-order valence-corrected chi connectivity index (χ1v) is 9.53. The van der Waals surface area contributed by atoms with Crippen molar-refractivity contribution in [2.75, 3.05) is 13.6 Å². The molecule has 5 nitrogen and oxygen atoms in total. The van der Waals surface area contributed by atoms with Gasteiger partial charge in [-0.1, -0.05) is 42.0 Å². The maximum Gasteiger partial charge on any atom is 0.243 e. The van der Waals surface area contributed by atoms with Gasteiger partial charge in [0, 0.05) is 7.05 Å². The third-order valence-corrected chi connectivity index (χ3v) is 5.90. The zero-order valence-corrected chi connectivity index (χ0v) is 15.8. The van der Waals surface area contributed by atoms with Gasteiger partial charge in [-0.15, -0.1) is 0 Å². The summed E-state index contributed by atoms with van der Waals surface area (Å²) in [4.78, 5) is 12.5. The van der Waals surface area contributed by atoms with Gasteiger partial charge in [-0.3, -0.25) is 4.79 Å². The lowest BCUT2D eigenvalue weighted by Crippen LogP contribution is -2.39. The van der Waals surface area contributed by atoms with Crippen molar-refractivity contribution in [2.24, 2.45) is 0 Å². The van der Waals surface area contributed by atoms with Crippen molar-refractivity contribution >= 4 is 15.9 Å². The van der Waals surface area contributed by atoms with Crippen LogP contribution in [0.15, 0.2) is 53.4 Å². The Morgan fingerprint density at radius 2 is 1.76 bits per heavy atom. The Hall–Kier alpha value is -2.18. The van der Waals surface area contributed by atoms with Crippen molar-refractivity contribution in [1.29, 1.82) is 0 Å². The molecule has 25 heavy (non-hydrogen) atoms. The Balaban J connectivity index is 2.04. The zero-order chi connectivity index (χ0) is 18.6. The van der Waals surface area contributed by atoms with Crippen LogP contribution in [0.1, 0.15) is 29.7 Å². The van der Waals surface area contributed by atoms with E-state index in [-0.39, 0.29) is 23.4 Å². The molecule has 0 saturated carbocycles. The maximum absolute atomic E-state index is 12.5. The van der Waals surface area contributed by atoms with Gasteiger partial charge in [-0.25, -0.2) is 8.42 Å². The Morgan fingerprint density at radius 1 is 1.12 bits per heavy atom. The summed E-state index contributed by atoms with van der Waals surface area (Å²) in [5.74, 6) is -0.338. The molecule has 0 aliphatic carbocycles. The van der Waals surface area contributed by atoms with E-state index in [1.54, 1.807) is 18.2 Å². The molecule has 0 radical (unpaired) electrons. The molecular weight excluding hydrogens is 336 g/mol. The van der Waals surface area contributed by atoms with Gasteiger partial charge < -0.3 is 5.32 Å². The van der Waals surface area contributed by atoms with E-state index < -0.39 is 10.0 Å². The number of aryl methyl sites for hydroxylation is 2. The maximum atomic E-state index is 12.5. The van der Waals surface area contributed by atoms with Crippen LogP contribution in [0.3, 0.4) is 0 Å². The summed E-state index contributed by atoms with van der Waals surface area (Å²) in [6.45, 7) is 5.67. The van der Waals surface area contributed by atoms with Crippen LogP contribution in [-0.2, 0) is 14.8 Å². The number of nitrogens with one attached hydrogen (secondary N) is 1. The summed E-state index contributed by atoms with van der Waals surface area (Å²) in [5, 5.41) is 2.87. The second-order valence-corrected chi connectivity index (χ2v) is 8.27. The molecule has 0 aliphatic heterocycles. The molecule has 134 valence electrons. The summed E-state index contributed by atoms with van der Waals surface area (Å²) in [5.41, 5.74) is 3.28. The largest absolute Gasteiger partial charge is 0.348 e. The average Bonchev–Trinajstić information content (AvgIpc) is 2.55. The molecule has 1 amide bonds. The molecule has 2 aromatic rings. The normalized spacial score (nSPS) is 12.8. The lowest BCUT2D eigenvalue weighted by Gasteiger charge is -2.20. The van der Waals surface area contributed by atoms with E-state index in [2.05, 4.69) is 11.4 Å². The number of carbonyl (C=O) groups excluding carboxylic acids is 1. The molecule has 1 atom stereocenters. The first-order chi connectivity index (χ1) is 11.7. The van der Waals surface area contributed by atoms with Crippen molar-refractivity contribution < 1.29 is 13.2 Å². The minimum Gasteiger partial charge on any atom is -0.348 e. The van der Waals surface area contributed by atoms with Crippen LogP contribution >= 0.6 is 0 Å². The molecule has 0 aliphatic rings. The van der Waals surface area contributed by atoms with Crippen LogP contribution in [0.2, 0.25) is 0 Å². The summed E-state index contributed by atoms with van der Waals surface area (Å²) >= 11 is 0. The van der Waals surface area contributed by atoms with Gasteiger partial charge in [0.05, 0.1) is 17.5 Å². The number of rotatable bonds is 6. The Morgan fingerprint density at radius 3 is 2.36 bits per heavy atom. The molecular formula is C19H24N2O3S. The quantitative estimate of drug-likeness (QED) is 0.861. The molecule has 2 aromatic carbocycles. The predicted molar refractivity (Wildman–Crippen MR) is 98.7 cm³/mol. The van der Waals surface area contributed by atoms with E-state index in [1.165, 1.54) is 19.2 Å². The van der Waals surface area contributed by atoms with Crippen molar-refractivity contribution in [3.63, 3.8) is 0 Å². The van der Waals surface area contributed by atoms with Crippen LogP contribution in [0.4, 0.5) is 0 Å². The minimum atomic E-state index is -3.68. The highest BCUT2D eigenvalue weighted by atomic mass is 32.2. The molecule has 0 saturated heterocycles. The Bertz CT molecular complexity index is 848. The van der Waals surface area contributed by atoms with Crippen molar-refractivity contribution in [3.05, 3.63) is 65.2 Å². The third kappa shape index (κ3) is 4.67. The Labute approximate surface area is 149 Å². The van der Waals surface area contributed by atoms with Crippen LogP contribution in [0, 0.1) is 13.8 Å². The van der Waals surface area contributed by atoms with E-state index in [1.807, 2.05) is 32.9 Å². The van der Waals surface area contributed by atoms with Crippen LogP contribution in [-0.4, -0.2) is 32.2 Å². The first-order valence-electron chi connectivity index (χ1n) is 8.09. The number of sulfonamides is 1. The molecule has 0 unspecified atom stereocenters. The molecule has 6 heteroatoms. The molecule has 0 spiro atoms. The number of carbonyl (C=O) groups is 1. The summed E-state index contributed by atoms with van der Waals surface area (Å²) < 4.78 is 26.0. The minimum absolute atomic E-state index is 0.174. The van der Waals surface area contributed by atoms with Gasteiger partial charge in [0.25, 0.3) is 0 Å². The number of hydrogen-bond acceptors (Lipinski definition) is 3. The van der Waals surface area contributed by atoms with Crippen LogP contribution in [0.5, 0.6) is 0 Å². The number of likely N-dealkylation sites (N-methyl/N-ethyl adjacent to an activating group) is 1. The van der Waals surface area contributed by atoms with Crippen molar-refractivity contribution in [3.8, 4) is 0 Å². The standard InChI is InChI=1S/C19H24N2O3S/c1-14-10-11-18(15(2)12-14)16(3)20-19(22)13-21(4)25(23,24)17-8-6-5-7-9-17/h5-12,16H,13H2,1-4H3,(H,20,22)/t16-/m0/s1. The third-order valence-electron chi connectivity index (χ3n) is 4.09. The fourth-order valence-corrected chi connectivity index (χ4v) is 3.88. The SMILES string of the molecule is Cc1ccc([C@H](C)NC(=O)CN(C)S(=O)(=O)c2ccccc2)c(C)c1. The monoisotopic (exact) mass is 360 g/mol. The van der Waals surface area contributed by atoms with Gasteiger partial charge in [-0.05, 0) is 44.0 Å². The topological polar surface area (TPSA) is 66.5 Å². The van der Waals surface area contributed by atoms with Crippen LogP contribution < -0.4 is 5.32 Å². The second-order valence-electron chi connectivity index (χ2n) is 6.22. The van der Waals surface area contributed by atoms with E-state index in [9.17, 15) is 13.2 Å². The first kappa shape index (κ1) is 19.1. The molecule has 0 aromatic heterocycles. The Kier molecular flexibility index (Phi) is 5.98. The van der Waals surface area contributed by atoms with Crippen molar-refractivity contribution in [1.82, 2.24) is 9.62 Å². The van der Waals surface area contributed by atoms with Crippen LogP contribution in [0.25, 0.3) is 0 Å². The number of nitrogens with zero attached hydrogens (tertiary/aromatic N) is 1. The molecule has 1 N–H and O–H groups in total. The smallest absolute Gasteiger partial charge is 0.243 e. The number of hydrogen-bond donors (Lipinski definition) is 1. The van der Waals surface area contributed by atoms with E-state index in [0.29, 0.717) is 0 Å². The highest BCUT2D eigenvalue weighted by molar-refractivity contribution is 7.89. The lowest BCUT2D eigenvalue weighted by atomic mass is 10.0. The van der Waals surface area contributed by atoms with E-state index >= 15 is 0 Å². The van der Waals surface area contributed by atoms with E-state index in [4.69, 9.17) is 0 Å². The van der Waals surface area contributed by atoms with Crippen molar-refractivity contribution in [2.45, 2.75) is 31.7 Å². The predicted octanol–water partition coefficient (Wildman–Crippen LogP) is 2.80. The van der Waals surface area contributed by atoms with Gasteiger partial charge >= 0.3 is 0 Å². The highest BCUT2D eigenvalue weighted by Gasteiger charge is 2.23. The number of benzene rings is 2. The van der Waals surface area contributed by atoms with Gasteiger partial charge in [0.15, 0.2) is 0 Å². The molecule has 2 rings (SSSR count). The van der Waals surface area contributed by atoms with Gasteiger partial charge in [0.2, 0.25) is 15.9 Å². The fourth-order valence-electron chi connectivity index (χ4n) is 2.74. The van der Waals surface area contributed by atoms with Gasteiger partial charge in [0.1, 0.15) is 0 Å². The summed E-state index contributed by atoms with van der Waals surface area (Å²) in [6, 6.07) is 13.9.